The second-order valence-electron chi connectivity index (χ2n) is 6.48. The van der Waals surface area contributed by atoms with Gasteiger partial charge in [-0.15, -0.1) is 0 Å². The Kier molecular flexibility index (Phi) is 3.71. The summed E-state index contributed by atoms with van der Waals surface area (Å²) in [6.07, 6.45) is 0. The van der Waals surface area contributed by atoms with Gasteiger partial charge in [-0.25, -0.2) is 8.42 Å². The van der Waals surface area contributed by atoms with Gasteiger partial charge in [0.1, 0.15) is 0 Å². The zero-order chi connectivity index (χ0) is 16.9. The summed E-state index contributed by atoms with van der Waals surface area (Å²) in [5.74, 6) is -0.664. The van der Waals surface area contributed by atoms with Crippen LogP contribution in [0.5, 0.6) is 0 Å². The quantitative estimate of drug-likeness (QED) is 0.608. The van der Waals surface area contributed by atoms with Gasteiger partial charge in [-0.3, -0.25) is 10.1 Å². The molecule has 0 aromatic heterocycles. The van der Waals surface area contributed by atoms with Gasteiger partial charge in [0.05, 0.1) is 18.1 Å². The number of nitro groups is 1. The van der Waals surface area contributed by atoms with Crippen molar-refractivity contribution in [2.75, 3.05) is 26.3 Å². The molecule has 2 saturated heterocycles. The molecule has 3 rings (SSSR count). The van der Waals surface area contributed by atoms with Crippen molar-refractivity contribution >= 4 is 15.7 Å². The Morgan fingerprint density at radius 3 is 2.30 bits per heavy atom. The van der Waals surface area contributed by atoms with Crippen LogP contribution in [-0.2, 0) is 19.5 Å². The predicted octanol–water partition coefficient (Wildman–Crippen LogP) is 1.37. The zero-order valence-electron chi connectivity index (χ0n) is 12.9. The summed E-state index contributed by atoms with van der Waals surface area (Å²) in [6, 6.07) is 5.37. The molecular formula is C14H18N2O6S. The normalized spacial score (nSPS) is 23.4. The minimum Gasteiger partial charge on any atom is -0.350 e. The van der Waals surface area contributed by atoms with E-state index in [0.29, 0.717) is 13.2 Å². The number of rotatable bonds is 3. The van der Waals surface area contributed by atoms with Crippen molar-refractivity contribution in [3.8, 4) is 0 Å². The molecule has 2 aliphatic heterocycles. The third kappa shape index (κ3) is 2.85. The molecule has 126 valence electrons. The fourth-order valence-corrected chi connectivity index (χ4v) is 4.58. The standard InChI is InChI=1S/C14H18N2O6S/c1-13(2)21-9-14(10-22-13)7-15(8-14)23(19,20)12-6-4-3-5-11(12)16(17)18/h3-6H,7-10H2,1-2H3. The molecule has 2 fully saturated rings. The first-order valence-corrected chi connectivity index (χ1v) is 8.61. The third-order valence-electron chi connectivity index (χ3n) is 4.16. The number of hydrogen-bond acceptors (Lipinski definition) is 6. The van der Waals surface area contributed by atoms with E-state index in [-0.39, 0.29) is 23.4 Å². The van der Waals surface area contributed by atoms with Crippen molar-refractivity contribution in [2.24, 2.45) is 5.41 Å². The van der Waals surface area contributed by atoms with Crippen LogP contribution in [0.3, 0.4) is 0 Å². The molecular weight excluding hydrogens is 324 g/mol. The van der Waals surface area contributed by atoms with Crippen molar-refractivity contribution in [2.45, 2.75) is 24.5 Å². The van der Waals surface area contributed by atoms with Crippen LogP contribution in [0, 0.1) is 15.5 Å². The SMILES string of the molecule is CC1(C)OCC2(CO1)CN(S(=O)(=O)c1ccccc1[N+](=O)[O-])C2. The lowest BCUT2D eigenvalue weighted by Gasteiger charge is -2.53. The number of para-hydroxylation sites is 1. The fraction of sp³-hybridized carbons (Fsp3) is 0.571. The average molecular weight is 342 g/mol. The number of nitro benzene ring substituents is 1. The summed E-state index contributed by atoms with van der Waals surface area (Å²) in [6.45, 7) is 4.89. The molecule has 0 unspecified atom stereocenters. The van der Waals surface area contributed by atoms with E-state index in [2.05, 4.69) is 0 Å². The van der Waals surface area contributed by atoms with Gasteiger partial charge in [-0.2, -0.15) is 4.31 Å². The Labute approximate surface area is 134 Å². The molecule has 0 saturated carbocycles. The number of benzene rings is 1. The monoisotopic (exact) mass is 342 g/mol. The zero-order valence-corrected chi connectivity index (χ0v) is 13.7. The molecule has 2 heterocycles. The van der Waals surface area contributed by atoms with Gasteiger partial charge in [0.2, 0.25) is 10.0 Å². The summed E-state index contributed by atoms with van der Waals surface area (Å²) >= 11 is 0. The number of sulfonamides is 1. The summed E-state index contributed by atoms with van der Waals surface area (Å²) in [7, 11) is -3.90. The Balaban J connectivity index is 1.78. The van der Waals surface area contributed by atoms with Crippen LogP contribution >= 0.6 is 0 Å². The summed E-state index contributed by atoms with van der Waals surface area (Å²) in [5.41, 5.74) is -0.780. The van der Waals surface area contributed by atoms with Gasteiger partial charge >= 0.3 is 0 Å². The van der Waals surface area contributed by atoms with Crippen LogP contribution in [-0.4, -0.2) is 49.7 Å². The topological polar surface area (TPSA) is 99.0 Å². The van der Waals surface area contributed by atoms with Crippen LogP contribution in [0.25, 0.3) is 0 Å². The molecule has 2 aliphatic rings. The smallest absolute Gasteiger partial charge is 0.289 e. The Morgan fingerprint density at radius 2 is 1.74 bits per heavy atom. The van der Waals surface area contributed by atoms with E-state index in [9.17, 15) is 18.5 Å². The highest BCUT2D eigenvalue weighted by Gasteiger charge is 2.53. The van der Waals surface area contributed by atoms with Gasteiger partial charge in [-0.05, 0) is 19.9 Å². The van der Waals surface area contributed by atoms with E-state index in [1.54, 1.807) is 13.8 Å². The minimum absolute atomic E-state index is 0.234. The molecule has 0 N–H and O–H groups in total. The molecule has 23 heavy (non-hydrogen) atoms. The Bertz CT molecular complexity index is 727. The van der Waals surface area contributed by atoms with Crippen LogP contribution in [0.2, 0.25) is 0 Å². The van der Waals surface area contributed by atoms with Crippen LogP contribution in [0.4, 0.5) is 5.69 Å². The van der Waals surface area contributed by atoms with Crippen molar-refractivity contribution in [1.82, 2.24) is 4.31 Å². The molecule has 1 aromatic rings. The number of nitrogens with zero attached hydrogens (tertiary/aromatic N) is 2. The van der Waals surface area contributed by atoms with Crippen LogP contribution in [0.1, 0.15) is 13.8 Å². The molecule has 0 amide bonds. The molecule has 8 nitrogen and oxygen atoms in total. The van der Waals surface area contributed by atoms with Crippen molar-refractivity contribution in [3.63, 3.8) is 0 Å². The average Bonchev–Trinajstić information content (AvgIpc) is 2.45. The molecule has 9 heteroatoms. The van der Waals surface area contributed by atoms with Gasteiger partial charge in [0.15, 0.2) is 10.7 Å². The van der Waals surface area contributed by atoms with E-state index in [1.165, 1.54) is 28.6 Å². The van der Waals surface area contributed by atoms with Crippen LogP contribution in [0.15, 0.2) is 29.2 Å². The maximum absolute atomic E-state index is 12.6. The van der Waals surface area contributed by atoms with E-state index < -0.39 is 26.4 Å². The lowest BCUT2D eigenvalue weighted by Crippen LogP contribution is -2.65. The summed E-state index contributed by atoms with van der Waals surface area (Å²) in [4.78, 5) is 10.1. The summed E-state index contributed by atoms with van der Waals surface area (Å²) in [5, 5.41) is 11.0. The Morgan fingerprint density at radius 1 is 1.17 bits per heavy atom. The van der Waals surface area contributed by atoms with E-state index >= 15 is 0 Å². The fourth-order valence-electron chi connectivity index (χ4n) is 2.76. The summed E-state index contributed by atoms with van der Waals surface area (Å²) < 4.78 is 37.7. The van der Waals surface area contributed by atoms with Gasteiger partial charge in [0, 0.05) is 24.6 Å². The first kappa shape index (κ1) is 16.3. The largest absolute Gasteiger partial charge is 0.350 e. The first-order chi connectivity index (χ1) is 10.7. The molecule has 0 atom stereocenters. The molecule has 0 aliphatic carbocycles. The van der Waals surface area contributed by atoms with Crippen molar-refractivity contribution < 1.29 is 22.8 Å². The lowest BCUT2D eigenvalue weighted by atomic mass is 9.82. The molecule has 1 spiro atoms. The molecule has 1 aromatic carbocycles. The van der Waals surface area contributed by atoms with E-state index in [0.717, 1.165) is 0 Å². The second-order valence-corrected chi connectivity index (χ2v) is 8.38. The minimum atomic E-state index is -3.90. The van der Waals surface area contributed by atoms with Gasteiger partial charge in [0.25, 0.3) is 5.69 Å². The van der Waals surface area contributed by atoms with Crippen molar-refractivity contribution in [1.29, 1.82) is 0 Å². The van der Waals surface area contributed by atoms with Gasteiger partial charge in [-0.1, -0.05) is 12.1 Å². The third-order valence-corrected chi connectivity index (χ3v) is 5.99. The highest BCUT2D eigenvalue weighted by atomic mass is 32.2. The maximum atomic E-state index is 12.6. The number of hydrogen-bond donors (Lipinski definition) is 0. The number of ether oxygens (including phenoxy) is 2. The lowest BCUT2D eigenvalue weighted by molar-refractivity contribution is -0.387. The van der Waals surface area contributed by atoms with Gasteiger partial charge < -0.3 is 9.47 Å². The second kappa shape index (κ2) is 5.23. The van der Waals surface area contributed by atoms with Crippen LogP contribution < -0.4 is 0 Å². The highest BCUT2D eigenvalue weighted by Crippen LogP contribution is 2.41. The predicted molar refractivity (Wildman–Crippen MR) is 80.3 cm³/mol. The van der Waals surface area contributed by atoms with E-state index in [1.807, 2.05) is 0 Å². The maximum Gasteiger partial charge on any atom is 0.289 e. The van der Waals surface area contributed by atoms with E-state index in [4.69, 9.17) is 9.47 Å². The highest BCUT2D eigenvalue weighted by molar-refractivity contribution is 7.89. The van der Waals surface area contributed by atoms with Crippen molar-refractivity contribution in [3.05, 3.63) is 34.4 Å². The molecule has 0 bridgehead atoms. The first-order valence-electron chi connectivity index (χ1n) is 7.17. The molecule has 0 radical (unpaired) electrons. The Hall–Kier alpha value is -1.55.